The highest BCUT2D eigenvalue weighted by Gasteiger charge is 2.03. The van der Waals surface area contributed by atoms with E-state index in [-0.39, 0.29) is 18.3 Å². The largest absolute Gasteiger partial charge is 0.355 e. The van der Waals surface area contributed by atoms with Gasteiger partial charge in [-0.05, 0) is 36.6 Å². The Balaban J connectivity index is 1.57. The molecule has 0 aliphatic rings. The highest BCUT2D eigenvalue weighted by molar-refractivity contribution is 5.77. The Kier molecular flexibility index (Phi) is 6.58. The number of nitrogens with one attached hydrogen (secondary N) is 2. The second-order valence-electron chi connectivity index (χ2n) is 5.10. The van der Waals surface area contributed by atoms with Crippen molar-refractivity contribution in [2.75, 3.05) is 19.6 Å². The van der Waals surface area contributed by atoms with Gasteiger partial charge in [0.05, 0.1) is 6.54 Å². The van der Waals surface area contributed by atoms with E-state index >= 15 is 0 Å². The summed E-state index contributed by atoms with van der Waals surface area (Å²) in [5, 5.41) is 5.90. The van der Waals surface area contributed by atoms with Crippen molar-refractivity contribution in [3.63, 3.8) is 0 Å². The minimum atomic E-state index is -0.224. The van der Waals surface area contributed by atoms with Crippen molar-refractivity contribution >= 4 is 5.91 Å². The van der Waals surface area contributed by atoms with Crippen LogP contribution in [-0.4, -0.2) is 25.5 Å². The summed E-state index contributed by atoms with van der Waals surface area (Å²) < 4.78 is 13.4. The number of carbonyl (C=O) groups excluding carboxylic acids is 1. The lowest BCUT2D eigenvalue weighted by atomic mass is 10.1. The third-order valence-corrected chi connectivity index (χ3v) is 3.39. The van der Waals surface area contributed by atoms with Gasteiger partial charge < -0.3 is 10.6 Å². The summed E-state index contributed by atoms with van der Waals surface area (Å²) in [7, 11) is 0. The van der Waals surface area contributed by atoms with Crippen molar-refractivity contribution in [1.82, 2.24) is 10.6 Å². The van der Waals surface area contributed by atoms with Crippen LogP contribution >= 0.6 is 0 Å². The minimum absolute atomic E-state index is 0.0654. The van der Waals surface area contributed by atoms with Gasteiger partial charge in [0.25, 0.3) is 0 Å². The molecule has 0 fully saturated rings. The number of halogens is 1. The van der Waals surface area contributed by atoms with Crippen molar-refractivity contribution in [3.8, 4) is 0 Å². The molecule has 0 spiro atoms. The first-order valence-electron chi connectivity index (χ1n) is 7.50. The molecule has 0 heterocycles. The minimum Gasteiger partial charge on any atom is -0.355 e. The predicted molar refractivity (Wildman–Crippen MR) is 86.1 cm³/mol. The third kappa shape index (κ3) is 5.66. The molecule has 0 aliphatic heterocycles. The Morgan fingerprint density at radius 2 is 1.64 bits per heavy atom. The van der Waals surface area contributed by atoms with Crippen LogP contribution in [0.15, 0.2) is 54.6 Å². The molecule has 2 rings (SSSR count). The van der Waals surface area contributed by atoms with Crippen LogP contribution in [-0.2, 0) is 17.6 Å². The maximum absolute atomic E-state index is 13.4. The Hall–Kier alpha value is -2.20. The topological polar surface area (TPSA) is 41.1 Å². The molecule has 0 saturated carbocycles. The molecule has 4 heteroatoms. The molecule has 0 radical (unpaired) electrons. The van der Waals surface area contributed by atoms with Gasteiger partial charge >= 0.3 is 0 Å². The molecule has 2 N–H and O–H groups in total. The summed E-state index contributed by atoms with van der Waals surface area (Å²) in [4.78, 5) is 11.7. The number of carbonyl (C=O) groups is 1. The number of hydrogen-bond donors (Lipinski definition) is 2. The van der Waals surface area contributed by atoms with E-state index in [1.807, 2.05) is 18.2 Å². The first-order valence-corrected chi connectivity index (χ1v) is 7.50. The van der Waals surface area contributed by atoms with Gasteiger partial charge in [-0.1, -0.05) is 48.5 Å². The number of benzene rings is 2. The van der Waals surface area contributed by atoms with E-state index in [9.17, 15) is 9.18 Å². The molecule has 0 bridgehead atoms. The summed E-state index contributed by atoms with van der Waals surface area (Å²) in [5.41, 5.74) is 1.87. The highest BCUT2D eigenvalue weighted by Crippen LogP contribution is 2.06. The van der Waals surface area contributed by atoms with E-state index in [4.69, 9.17) is 0 Å². The van der Waals surface area contributed by atoms with Gasteiger partial charge in [-0.3, -0.25) is 4.79 Å². The molecule has 0 aromatic heterocycles. The second-order valence-corrected chi connectivity index (χ2v) is 5.10. The molecule has 2 aromatic rings. The Labute approximate surface area is 130 Å². The SMILES string of the molecule is O=C(CNCCc1ccccc1)NCCc1ccccc1F. The molecule has 0 unspecified atom stereocenters. The highest BCUT2D eigenvalue weighted by atomic mass is 19.1. The van der Waals surface area contributed by atoms with Crippen molar-refractivity contribution in [1.29, 1.82) is 0 Å². The predicted octanol–water partition coefficient (Wildman–Crippen LogP) is 2.32. The maximum Gasteiger partial charge on any atom is 0.233 e. The molecule has 116 valence electrons. The number of amides is 1. The molecule has 1 amide bonds. The van der Waals surface area contributed by atoms with Gasteiger partial charge in [-0.25, -0.2) is 4.39 Å². The molecule has 0 saturated heterocycles. The van der Waals surface area contributed by atoms with Crippen LogP contribution in [0.3, 0.4) is 0 Å². The fourth-order valence-electron chi connectivity index (χ4n) is 2.18. The molecule has 0 atom stereocenters. The lowest BCUT2D eigenvalue weighted by Gasteiger charge is -2.07. The fraction of sp³-hybridized carbons (Fsp3) is 0.278. The first-order chi connectivity index (χ1) is 10.8. The quantitative estimate of drug-likeness (QED) is 0.735. The normalized spacial score (nSPS) is 10.4. The summed E-state index contributed by atoms with van der Waals surface area (Å²) >= 11 is 0. The maximum atomic E-state index is 13.4. The average Bonchev–Trinajstić information content (AvgIpc) is 2.54. The van der Waals surface area contributed by atoms with Gasteiger partial charge in [0.1, 0.15) is 5.82 Å². The van der Waals surface area contributed by atoms with E-state index in [1.54, 1.807) is 18.2 Å². The zero-order chi connectivity index (χ0) is 15.6. The Bertz CT molecular complexity index is 587. The second kappa shape index (κ2) is 8.95. The molecule has 0 aliphatic carbocycles. The van der Waals surface area contributed by atoms with Crippen LogP contribution in [0.5, 0.6) is 0 Å². The zero-order valence-corrected chi connectivity index (χ0v) is 12.5. The van der Waals surface area contributed by atoms with Crippen molar-refractivity contribution in [3.05, 3.63) is 71.5 Å². The summed E-state index contributed by atoms with van der Waals surface area (Å²) in [6.45, 7) is 1.48. The van der Waals surface area contributed by atoms with Gasteiger partial charge in [0, 0.05) is 6.54 Å². The monoisotopic (exact) mass is 300 g/mol. The van der Waals surface area contributed by atoms with Crippen molar-refractivity contribution < 1.29 is 9.18 Å². The lowest BCUT2D eigenvalue weighted by Crippen LogP contribution is -2.35. The zero-order valence-electron chi connectivity index (χ0n) is 12.5. The Morgan fingerprint density at radius 1 is 0.909 bits per heavy atom. The van der Waals surface area contributed by atoms with E-state index < -0.39 is 0 Å². The van der Waals surface area contributed by atoms with Crippen LogP contribution in [0.1, 0.15) is 11.1 Å². The average molecular weight is 300 g/mol. The summed E-state index contributed by atoms with van der Waals surface area (Å²) in [6.07, 6.45) is 1.39. The van der Waals surface area contributed by atoms with Crippen molar-refractivity contribution in [2.24, 2.45) is 0 Å². The molecule has 22 heavy (non-hydrogen) atoms. The summed E-state index contributed by atoms with van der Waals surface area (Å²) in [5.74, 6) is -0.290. The fourth-order valence-corrected chi connectivity index (χ4v) is 2.18. The van der Waals surface area contributed by atoms with Crippen LogP contribution in [0.4, 0.5) is 4.39 Å². The van der Waals surface area contributed by atoms with E-state index in [2.05, 4.69) is 22.8 Å². The Morgan fingerprint density at radius 3 is 2.41 bits per heavy atom. The first kappa shape index (κ1) is 16.2. The standard InChI is InChI=1S/C18H21FN2O/c19-17-9-5-4-8-16(17)11-13-21-18(22)14-20-12-10-15-6-2-1-3-7-15/h1-9,20H,10-14H2,(H,21,22). The van der Waals surface area contributed by atoms with Gasteiger partial charge in [-0.2, -0.15) is 0 Å². The summed E-state index contributed by atoms with van der Waals surface area (Å²) in [6, 6.07) is 16.8. The van der Waals surface area contributed by atoms with Crippen LogP contribution in [0, 0.1) is 5.82 Å². The number of rotatable bonds is 8. The molecule has 2 aromatic carbocycles. The van der Waals surface area contributed by atoms with Crippen LogP contribution in [0.2, 0.25) is 0 Å². The van der Waals surface area contributed by atoms with Gasteiger partial charge in [-0.15, -0.1) is 0 Å². The van der Waals surface area contributed by atoms with E-state index in [1.165, 1.54) is 11.6 Å². The number of hydrogen-bond acceptors (Lipinski definition) is 2. The third-order valence-electron chi connectivity index (χ3n) is 3.39. The molecule has 3 nitrogen and oxygen atoms in total. The van der Waals surface area contributed by atoms with Crippen LogP contribution < -0.4 is 10.6 Å². The molecular formula is C18H21FN2O. The molecular weight excluding hydrogens is 279 g/mol. The van der Waals surface area contributed by atoms with E-state index in [0.29, 0.717) is 18.5 Å². The van der Waals surface area contributed by atoms with E-state index in [0.717, 1.165) is 13.0 Å². The lowest BCUT2D eigenvalue weighted by molar-refractivity contribution is -0.120. The van der Waals surface area contributed by atoms with Crippen LogP contribution in [0.25, 0.3) is 0 Å². The van der Waals surface area contributed by atoms with Crippen molar-refractivity contribution in [2.45, 2.75) is 12.8 Å². The van der Waals surface area contributed by atoms with Gasteiger partial charge in [0.2, 0.25) is 5.91 Å². The van der Waals surface area contributed by atoms with Gasteiger partial charge in [0.15, 0.2) is 0 Å². The smallest absolute Gasteiger partial charge is 0.233 e.